The van der Waals surface area contributed by atoms with E-state index in [9.17, 15) is 9.90 Å². The van der Waals surface area contributed by atoms with Crippen molar-refractivity contribution in [2.24, 2.45) is 5.92 Å². The fourth-order valence-corrected chi connectivity index (χ4v) is 5.15. The van der Waals surface area contributed by atoms with Gasteiger partial charge in [0, 0.05) is 70.9 Å². The summed E-state index contributed by atoms with van der Waals surface area (Å²) in [4.78, 5) is 29.5. The molecular weight excluding hydrogens is 470 g/mol. The van der Waals surface area contributed by atoms with Crippen LogP contribution in [0.15, 0.2) is 30.3 Å². The summed E-state index contributed by atoms with van der Waals surface area (Å²) in [6.07, 6.45) is 1.01. The Morgan fingerprint density at radius 1 is 1.11 bits per heavy atom. The number of hydrogen-bond donors (Lipinski definition) is 3. The van der Waals surface area contributed by atoms with Crippen molar-refractivity contribution in [2.75, 3.05) is 82.4 Å². The van der Waals surface area contributed by atoms with E-state index < -0.39 is 0 Å². The van der Waals surface area contributed by atoms with Gasteiger partial charge in [0.15, 0.2) is 0 Å². The van der Waals surface area contributed by atoms with Crippen LogP contribution in [0.1, 0.15) is 28.5 Å². The number of anilines is 2. The van der Waals surface area contributed by atoms with Gasteiger partial charge in [0.2, 0.25) is 5.95 Å². The number of rotatable bonds is 10. The highest BCUT2D eigenvalue weighted by molar-refractivity contribution is 5.93. The zero-order chi connectivity index (χ0) is 25.6. The molecule has 1 aromatic carbocycles. The Labute approximate surface area is 219 Å². The lowest BCUT2D eigenvalue weighted by atomic mass is 9.99. The fourth-order valence-electron chi connectivity index (χ4n) is 5.15. The number of benzene rings is 1. The van der Waals surface area contributed by atoms with E-state index in [4.69, 9.17) is 9.72 Å². The van der Waals surface area contributed by atoms with Crippen molar-refractivity contribution in [1.29, 1.82) is 0 Å². The van der Waals surface area contributed by atoms with E-state index >= 15 is 0 Å². The highest BCUT2D eigenvalue weighted by Gasteiger charge is 2.24. The van der Waals surface area contributed by atoms with Crippen LogP contribution in [0.2, 0.25) is 0 Å². The highest BCUT2D eigenvalue weighted by Crippen LogP contribution is 2.20. The number of piperazine rings is 1. The third-order valence-corrected chi connectivity index (χ3v) is 7.58. The molecule has 3 N–H and O–H groups in total. The van der Waals surface area contributed by atoms with Crippen LogP contribution in [-0.4, -0.2) is 109 Å². The Kier molecular flexibility index (Phi) is 8.50. The van der Waals surface area contributed by atoms with E-state index in [0.29, 0.717) is 37.2 Å². The molecule has 1 unspecified atom stereocenters. The van der Waals surface area contributed by atoms with Gasteiger partial charge in [0.25, 0.3) is 5.91 Å². The average Bonchev–Trinajstić information content (AvgIpc) is 2.92. The number of carbonyl (C=O) groups excluding carboxylic acids is 1. The van der Waals surface area contributed by atoms with Crippen LogP contribution < -0.4 is 15.5 Å². The van der Waals surface area contributed by atoms with Gasteiger partial charge in [-0.25, -0.2) is 4.98 Å². The molecule has 2 saturated heterocycles. The van der Waals surface area contributed by atoms with E-state index in [2.05, 4.69) is 61.5 Å². The molecule has 3 aliphatic heterocycles. The largest absolute Gasteiger partial charge is 0.396 e. The lowest BCUT2D eigenvalue weighted by Gasteiger charge is -2.34. The summed E-state index contributed by atoms with van der Waals surface area (Å²) < 4.78 is 5.29. The first-order chi connectivity index (χ1) is 18.1. The lowest BCUT2D eigenvalue weighted by molar-refractivity contribution is 0.0209. The van der Waals surface area contributed by atoms with Gasteiger partial charge in [-0.05, 0) is 24.1 Å². The monoisotopic (exact) mass is 509 g/mol. The first kappa shape index (κ1) is 25.8. The molecule has 200 valence electrons. The minimum absolute atomic E-state index is 0.0175. The van der Waals surface area contributed by atoms with E-state index in [1.807, 2.05) is 0 Å². The Bertz CT molecular complexity index is 1060. The number of aromatic nitrogens is 2. The molecule has 0 radical (unpaired) electrons. The summed E-state index contributed by atoms with van der Waals surface area (Å²) >= 11 is 0. The third kappa shape index (κ3) is 6.56. The molecule has 37 heavy (non-hydrogen) atoms. The quantitative estimate of drug-likeness (QED) is 0.429. The van der Waals surface area contributed by atoms with Gasteiger partial charge in [-0.2, -0.15) is 4.98 Å². The summed E-state index contributed by atoms with van der Waals surface area (Å²) in [6, 6.07) is 10.4. The maximum absolute atomic E-state index is 13.2. The number of likely N-dealkylation sites (N-methyl/N-ethyl adjacent to an activating group) is 1. The molecule has 3 aliphatic rings. The van der Waals surface area contributed by atoms with Crippen LogP contribution in [0.4, 0.5) is 11.8 Å². The van der Waals surface area contributed by atoms with Crippen LogP contribution >= 0.6 is 0 Å². The van der Waals surface area contributed by atoms with Gasteiger partial charge >= 0.3 is 0 Å². The molecule has 2 fully saturated rings. The SMILES string of the molecule is CCN1CCN(c2nc(NC3COC3)cc(C(=O)NCC(CO)CN3CCc4ccccc4C3)n2)CC1. The third-order valence-electron chi connectivity index (χ3n) is 7.58. The molecule has 0 spiro atoms. The van der Waals surface area contributed by atoms with Crippen molar-refractivity contribution in [3.05, 3.63) is 47.2 Å². The molecule has 5 rings (SSSR count). The topological polar surface area (TPSA) is 106 Å². The first-order valence-corrected chi connectivity index (χ1v) is 13.5. The van der Waals surface area contributed by atoms with Gasteiger partial charge in [0.1, 0.15) is 11.5 Å². The first-order valence-electron chi connectivity index (χ1n) is 13.5. The van der Waals surface area contributed by atoms with Crippen LogP contribution in [-0.2, 0) is 17.7 Å². The number of amides is 1. The fraction of sp³-hybridized carbons (Fsp3) is 0.593. The molecule has 0 saturated carbocycles. The Hall–Kier alpha value is -2.79. The van der Waals surface area contributed by atoms with Crippen LogP contribution in [0.3, 0.4) is 0 Å². The predicted molar refractivity (Wildman–Crippen MR) is 143 cm³/mol. The second-order valence-corrected chi connectivity index (χ2v) is 10.3. The van der Waals surface area contributed by atoms with E-state index in [0.717, 1.165) is 58.8 Å². The summed E-state index contributed by atoms with van der Waals surface area (Å²) in [5, 5.41) is 16.4. The number of nitrogens with zero attached hydrogens (tertiary/aromatic N) is 5. The highest BCUT2D eigenvalue weighted by atomic mass is 16.5. The van der Waals surface area contributed by atoms with Crippen molar-refractivity contribution in [3.63, 3.8) is 0 Å². The van der Waals surface area contributed by atoms with E-state index in [-0.39, 0.29) is 24.5 Å². The number of nitrogens with one attached hydrogen (secondary N) is 2. The number of aliphatic hydroxyl groups excluding tert-OH is 1. The van der Waals surface area contributed by atoms with Gasteiger partial charge in [-0.1, -0.05) is 31.2 Å². The molecule has 1 atom stereocenters. The van der Waals surface area contributed by atoms with E-state index in [1.54, 1.807) is 6.07 Å². The summed E-state index contributed by atoms with van der Waals surface area (Å²) in [5.41, 5.74) is 3.09. The standard InChI is InChI=1S/C27H39N7O3/c1-2-32-9-11-34(12-10-32)27-30-24(13-25(31-27)29-23-18-37-19-23)26(36)28-14-20(17-35)15-33-8-7-21-5-3-4-6-22(21)16-33/h3-6,13,20,23,35H,2,7-12,14-19H2,1H3,(H,28,36)(H,29,30,31). The molecule has 1 aromatic heterocycles. The van der Waals surface area contributed by atoms with Gasteiger partial charge < -0.3 is 30.3 Å². The molecule has 4 heterocycles. The summed E-state index contributed by atoms with van der Waals surface area (Å²) in [6.45, 7) is 11.0. The maximum atomic E-state index is 13.2. The smallest absolute Gasteiger partial charge is 0.270 e. The maximum Gasteiger partial charge on any atom is 0.270 e. The molecule has 2 aromatic rings. The normalized spacial score (nSPS) is 19.7. The minimum atomic E-state index is -0.244. The van der Waals surface area contributed by atoms with Crippen LogP contribution in [0.5, 0.6) is 0 Å². The van der Waals surface area contributed by atoms with Crippen molar-refractivity contribution < 1.29 is 14.6 Å². The summed E-state index contributed by atoms with van der Waals surface area (Å²) in [7, 11) is 0. The Morgan fingerprint density at radius 2 is 1.89 bits per heavy atom. The molecule has 1 amide bonds. The van der Waals surface area contributed by atoms with Crippen LogP contribution in [0.25, 0.3) is 0 Å². The second kappa shape index (κ2) is 12.2. The number of hydrogen-bond acceptors (Lipinski definition) is 9. The molecule has 10 nitrogen and oxygen atoms in total. The van der Waals surface area contributed by atoms with Crippen molar-refractivity contribution in [1.82, 2.24) is 25.1 Å². The minimum Gasteiger partial charge on any atom is -0.396 e. The molecule has 0 bridgehead atoms. The zero-order valence-electron chi connectivity index (χ0n) is 21.7. The summed E-state index contributed by atoms with van der Waals surface area (Å²) in [5.74, 6) is 0.928. The van der Waals surface area contributed by atoms with Gasteiger partial charge in [0.05, 0.1) is 19.3 Å². The van der Waals surface area contributed by atoms with Crippen molar-refractivity contribution in [2.45, 2.75) is 25.9 Å². The number of ether oxygens (including phenoxy) is 1. The predicted octanol–water partition coefficient (Wildman–Crippen LogP) is 0.826. The number of aliphatic hydroxyl groups is 1. The zero-order valence-corrected chi connectivity index (χ0v) is 21.7. The molecular formula is C27H39N7O3. The number of fused-ring (bicyclic) bond motifs is 1. The lowest BCUT2D eigenvalue weighted by Crippen LogP contribution is -2.47. The van der Waals surface area contributed by atoms with Crippen LogP contribution in [0, 0.1) is 5.92 Å². The Balaban J connectivity index is 1.22. The van der Waals surface area contributed by atoms with Gasteiger partial charge in [-0.3, -0.25) is 9.69 Å². The number of carbonyl (C=O) groups is 1. The van der Waals surface area contributed by atoms with Gasteiger partial charge in [-0.15, -0.1) is 0 Å². The average molecular weight is 510 g/mol. The second-order valence-electron chi connectivity index (χ2n) is 10.3. The Morgan fingerprint density at radius 3 is 2.59 bits per heavy atom. The van der Waals surface area contributed by atoms with Crippen molar-refractivity contribution in [3.8, 4) is 0 Å². The molecule has 0 aliphatic carbocycles. The van der Waals surface area contributed by atoms with Crippen molar-refractivity contribution >= 4 is 17.7 Å². The molecule has 10 heteroatoms. The van der Waals surface area contributed by atoms with E-state index in [1.165, 1.54) is 11.1 Å².